The predicted molar refractivity (Wildman–Crippen MR) is 82.2 cm³/mol. The number of hydrogen-bond acceptors (Lipinski definition) is 4. The normalized spacial score (nSPS) is 18.1. The minimum atomic E-state index is -0.0766. The van der Waals surface area contributed by atoms with Crippen LogP contribution in [0.4, 0.5) is 4.79 Å². The van der Waals surface area contributed by atoms with E-state index in [-0.39, 0.29) is 11.6 Å². The Morgan fingerprint density at radius 1 is 1.35 bits per heavy atom. The summed E-state index contributed by atoms with van der Waals surface area (Å²) < 4.78 is 0. The topological polar surface area (TPSA) is 48.5 Å². The van der Waals surface area contributed by atoms with Crippen LogP contribution in [0, 0.1) is 13.8 Å². The molecule has 5 nitrogen and oxygen atoms in total. The molecule has 0 saturated carbocycles. The van der Waals surface area contributed by atoms with E-state index >= 15 is 0 Å². The number of nitrogens with one attached hydrogen (secondary N) is 1. The number of nitrogens with zero attached hydrogens (tertiary/aromatic N) is 3. The quantitative estimate of drug-likeness (QED) is 0.907. The van der Waals surface area contributed by atoms with Gasteiger partial charge in [0.05, 0.1) is 11.2 Å². The van der Waals surface area contributed by atoms with Crippen molar-refractivity contribution >= 4 is 17.4 Å². The summed E-state index contributed by atoms with van der Waals surface area (Å²) >= 11 is 1.77. The van der Waals surface area contributed by atoms with Crippen LogP contribution in [0.2, 0.25) is 0 Å². The third kappa shape index (κ3) is 2.67. The number of piperidine rings is 1. The summed E-state index contributed by atoms with van der Waals surface area (Å²) in [6.45, 7) is 5.72. The molecular weight excluding hydrogens is 272 g/mol. The van der Waals surface area contributed by atoms with Crippen molar-refractivity contribution in [3.05, 3.63) is 15.6 Å². The zero-order chi connectivity index (χ0) is 14.9. The van der Waals surface area contributed by atoms with Gasteiger partial charge in [-0.25, -0.2) is 9.78 Å². The average molecular weight is 296 g/mol. The number of aryl methyl sites for hydroxylation is 2. The van der Waals surface area contributed by atoms with Gasteiger partial charge in [0.2, 0.25) is 0 Å². The summed E-state index contributed by atoms with van der Waals surface area (Å²) in [5.74, 6) is 0. The maximum absolute atomic E-state index is 12.0. The zero-order valence-electron chi connectivity index (χ0n) is 13.0. The Bertz CT molecular complexity index is 470. The van der Waals surface area contributed by atoms with Crippen molar-refractivity contribution in [3.8, 4) is 0 Å². The second kappa shape index (κ2) is 5.69. The molecule has 112 valence electrons. The minimum absolute atomic E-state index is 0.0766. The van der Waals surface area contributed by atoms with Crippen LogP contribution in [-0.4, -0.2) is 55.0 Å². The average Bonchev–Trinajstić information content (AvgIpc) is 2.78. The number of thiazole rings is 1. The Labute approximate surface area is 125 Å². The van der Waals surface area contributed by atoms with Gasteiger partial charge in [0.15, 0.2) is 0 Å². The first-order valence-corrected chi connectivity index (χ1v) is 7.81. The first-order chi connectivity index (χ1) is 9.39. The van der Waals surface area contributed by atoms with Gasteiger partial charge in [-0.3, -0.25) is 0 Å². The van der Waals surface area contributed by atoms with Crippen molar-refractivity contribution in [2.24, 2.45) is 0 Å². The van der Waals surface area contributed by atoms with E-state index in [1.165, 1.54) is 4.88 Å². The van der Waals surface area contributed by atoms with Crippen LogP contribution in [-0.2, 0) is 5.54 Å². The molecule has 0 radical (unpaired) electrons. The Morgan fingerprint density at radius 3 is 2.35 bits per heavy atom. The minimum Gasteiger partial charge on any atom is -0.331 e. The highest BCUT2D eigenvalue weighted by atomic mass is 32.1. The number of urea groups is 1. The van der Waals surface area contributed by atoms with Crippen LogP contribution in [0.15, 0.2) is 0 Å². The molecule has 20 heavy (non-hydrogen) atoms. The first kappa shape index (κ1) is 15.3. The smallest absolute Gasteiger partial charge is 0.319 e. The van der Waals surface area contributed by atoms with Gasteiger partial charge in [-0.15, -0.1) is 11.3 Å². The number of aromatic nitrogens is 1. The molecule has 1 saturated heterocycles. The van der Waals surface area contributed by atoms with E-state index in [2.05, 4.69) is 19.2 Å². The van der Waals surface area contributed by atoms with E-state index in [0.717, 1.165) is 36.6 Å². The van der Waals surface area contributed by atoms with Gasteiger partial charge in [-0.2, -0.15) is 0 Å². The number of carbonyl (C=O) groups excluding carboxylic acids is 1. The molecule has 0 aliphatic carbocycles. The fourth-order valence-corrected chi connectivity index (χ4v) is 3.78. The molecule has 2 heterocycles. The van der Waals surface area contributed by atoms with Crippen LogP contribution >= 0.6 is 11.3 Å². The van der Waals surface area contributed by atoms with E-state index in [4.69, 9.17) is 4.98 Å². The molecule has 0 atom stereocenters. The van der Waals surface area contributed by atoms with Gasteiger partial charge in [0.1, 0.15) is 5.01 Å². The van der Waals surface area contributed by atoms with Crippen LogP contribution in [0.25, 0.3) is 0 Å². The summed E-state index contributed by atoms with van der Waals surface area (Å²) in [6, 6.07) is 0.0983. The highest BCUT2D eigenvalue weighted by molar-refractivity contribution is 7.11. The molecule has 2 amide bonds. The lowest BCUT2D eigenvalue weighted by Gasteiger charge is -2.41. The molecule has 6 heteroatoms. The standard InChI is InChI=1S/C14H24N4OS/c1-10-11(2)20-12(16-10)14(15-3)6-8-18(9-7-14)13(19)17(4)5/h15H,6-9H2,1-5H3. The van der Waals surface area contributed by atoms with E-state index < -0.39 is 0 Å². The summed E-state index contributed by atoms with van der Waals surface area (Å²) in [4.78, 5) is 21.6. The lowest BCUT2D eigenvalue weighted by Crippen LogP contribution is -2.53. The van der Waals surface area contributed by atoms with Gasteiger partial charge in [0, 0.05) is 32.1 Å². The maximum Gasteiger partial charge on any atom is 0.319 e. The van der Waals surface area contributed by atoms with E-state index in [9.17, 15) is 4.79 Å². The Balaban J connectivity index is 2.14. The van der Waals surface area contributed by atoms with E-state index in [0.29, 0.717) is 0 Å². The van der Waals surface area contributed by atoms with Gasteiger partial charge in [-0.1, -0.05) is 0 Å². The van der Waals surface area contributed by atoms with E-state index in [1.807, 2.05) is 11.9 Å². The monoisotopic (exact) mass is 296 g/mol. The van der Waals surface area contributed by atoms with Gasteiger partial charge < -0.3 is 15.1 Å². The molecule has 1 aliphatic heterocycles. The molecule has 1 aromatic heterocycles. The molecular formula is C14H24N4OS. The largest absolute Gasteiger partial charge is 0.331 e. The van der Waals surface area contributed by atoms with Crippen LogP contribution in [0.3, 0.4) is 0 Å². The second-order valence-electron chi connectivity index (χ2n) is 5.66. The van der Waals surface area contributed by atoms with Gasteiger partial charge in [0.25, 0.3) is 0 Å². The number of hydrogen-bond donors (Lipinski definition) is 1. The van der Waals surface area contributed by atoms with Crippen molar-refractivity contribution in [1.82, 2.24) is 20.1 Å². The van der Waals surface area contributed by atoms with Crippen molar-refractivity contribution < 1.29 is 4.79 Å². The summed E-state index contributed by atoms with van der Waals surface area (Å²) in [6.07, 6.45) is 1.82. The Hall–Kier alpha value is -1.14. The lowest BCUT2D eigenvalue weighted by molar-refractivity contribution is 0.127. The number of amides is 2. The molecule has 0 bridgehead atoms. The zero-order valence-corrected chi connectivity index (χ0v) is 13.8. The molecule has 1 fully saturated rings. The molecule has 1 aliphatic rings. The summed E-state index contributed by atoms with van der Waals surface area (Å²) in [5.41, 5.74) is 1.04. The molecule has 0 unspecified atom stereocenters. The molecule has 0 aromatic carbocycles. The van der Waals surface area contributed by atoms with Gasteiger partial charge >= 0.3 is 6.03 Å². The third-order valence-electron chi connectivity index (χ3n) is 4.19. The first-order valence-electron chi connectivity index (χ1n) is 6.99. The van der Waals surface area contributed by atoms with Crippen molar-refractivity contribution in [3.63, 3.8) is 0 Å². The van der Waals surface area contributed by atoms with Gasteiger partial charge in [-0.05, 0) is 33.7 Å². The maximum atomic E-state index is 12.0. The lowest BCUT2D eigenvalue weighted by atomic mass is 9.88. The molecule has 1 N–H and O–H groups in total. The Morgan fingerprint density at radius 2 is 1.95 bits per heavy atom. The number of likely N-dealkylation sites (tertiary alicyclic amines) is 1. The summed E-state index contributed by atoms with van der Waals surface area (Å²) in [5, 5.41) is 4.62. The van der Waals surface area contributed by atoms with Crippen LogP contribution in [0.5, 0.6) is 0 Å². The van der Waals surface area contributed by atoms with Crippen molar-refractivity contribution in [2.45, 2.75) is 32.2 Å². The Kier molecular flexibility index (Phi) is 4.34. The summed E-state index contributed by atoms with van der Waals surface area (Å²) in [7, 11) is 5.60. The second-order valence-corrected chi connectivity index (χ2v) is 6.86. The van der Waals surface area contributed by atoms with Crippen LogP contribution in [0.1, 0.15) is 28.4 Å². The van der Waals surface area contributed by atoms with Crippen molar-refractivity contribution in [1.29, 1.82) is 0 Å². The van der Waals surface area contributed by atoms with Crippen LogP contribution < -0.4 is 5.32 Å². The number of carbonyl (C=O) groups is 1. The fourth-order valence-electron chi connectivity index (χ4n) is 2.61. The highest BCUT2D eigenvalue weighted by Gasteiger charge is 2.39. The third-order valence-corrected chi connectivity index (χ3v) is 5.46. The van der Waals surface area contributed by atoms with Crippen molar-refractivity contribution in [2.75, 3.05) is 34.2 Å². The predicted octanol–water partition coefficient (Wildman–Crippen LogP) is 1.95. The molecule has 0 spiro atoms. The number of rotatable bonds is 2. The molecule has 2 rings (SSSR count). The fraction of sp³-hybridized carbons (Fsp3) is 0.714. The highest BCUT2D eigenvalue weighted by Crippen LogP contribution is 2.36. The SMILES string of the molecule is CNC1(c2nc(C)c(C)s2)CCN(C(=O)N(C)C)CC1. The van der Waals surface area contributed by atoms with E-state index in [1.54, 1.807) is 30.3 Å². The molecule has 1 aromatic rings.